The predicted molar refractivity (Wildman–Crippen MR) is 134 cm³/mol. The topological polar surface area (TPSA) is 118 Å². The lowest BCUT2D eigenvalue weighted by Gasteiger charge is -2.41. The number of rotatable bonds is 5. The molecule has 9 heteroatoms. The van der Waals surface area contributed by atoms with Crippen LogP contribution in [-0.4, -0.2) is 39.9 Å². The first-order valence-corrected chi connectivity index (χ1v) is 12.8. The quantitative estimate of drug-likeness (QED) is 0.408. The number of ether oxygens (including phenoxy) is 1. The molecule has 3 fully saturated rings. The second-order valence-electron chi connectivity index (χ2n) is 10.2. The van der Waals surface area contributed by atoms with E-state index < -0.39 is 0 Å². The van der Waals surface area contributed by atoms with Crippen LogP contribution in [0.5, 0.6) is 5.75 Å². The minimum atomic E-state index is -0.369. The molecule has 188 valence electrons. The van der Waals surface area contributed by atoms with Crippen LogP contribution >= 0.6 is 0 Å². The van der Waals surface area contributed by atoms with Crippen molar-refractivity contribution in [3.8, 4) is 5.75 Å². The first-order chi connectivity index (χ1) is 17.6. The Bertz CT molecular complexity index is 1300. The molecule has 2 amide bonds. The zero-order valence-electron chi connectivity index (χ0n) is 20.1. The van der Waals surface area contributed by atoms with Crippen LogP contribution in [0, 0.1) is 17.8 Å². The molecule has 3 heterocycles. The zero-order chi connectivity index (χ0) is 24.6. The normalized spacial score (nSPS) is 25.9. The molecule has 0 bridgehead atoms. The first-order valence-electron chi connectivity index (χ1n) is 12.8. The molecular weight excluding hydrogens is 458 g/mol. The number of anilines is 1. The highest BCUT2D eigenvalue weighted by molar-refractivity contribution is 6.11. The van der Waals surface area contributed by atoms with Gasteiger partial charge in [-0.05, 0) is 48.9 Å². The highest BCUT2D eigenvalue weighted by atomic mass is 16.5. The summed E-state index contributed by atoms with van der Waals surface area (Å²) in [5, 5.41) is 19.1. The number of carbonyl (C=O) groups is 2. The van der Waals surface area contributed by atoms with Gasteiger partial charge in [0, 0.05) is 30.4 Å². The van der Waals surface area contributed by atoms with E-state index in [1.54, 1.807) is 12.1 Å². The second kappa shape index (κ2) is 9.55. The maximum atomic E-state index is 13.3. The number of nitrogens with one attached hydrogen (secondary N) is 3. The third kappa shape index (κ3) is 4.22. The summed E-state index contributed by atoms with van der Waals surface area (Å²) in [7, 11) is 0. The number of aromatic hydroxyl groups is 1. The Morgan fingerprint density at radius 2 is 2.03 bits per heavy atom. The predicted octanol–water partition coefficient (Wildman–Crippen LogP) is 3.51. The number of carbonyl (C=O) groups excluding carboxylic acids is 2. The lowest BCUT2D eigenvalue weighted by atomic mass is 9.72. The summed E-state index contributed by atoms with van der Waals surface area (Å²) in [6.45, 7) is 2.16. The van der Waals surface area contributed by atoms with Crippen LogP contribution in [0.3, 0.4) is 0 Å². The van der Waals surface area contributed by atoms with E-state index in [1.807, 2.05) is 35.0 Å². The summed E-state index contributed by atoms with van der Waals surface area (Å²) in [4.78, 5) is 25.5. The molecule has 6 rings (SSSR count). The summed E-state index contributed by atoms with van der Waals surface area (Å²) in [6, 6.07) is 12.9. The third-order valence-electron chi connectivity index (χ3n) is 7.89. The van der Waals surface area contributed by atoms with E-state index in [9.17, 15) is 14.7 Å². The molecule has 4 atom stereocenters. The number of hydrogen-bond acceptors (Lipinski definition) is 6. The Balaban J connectivity index is 1.22. The zero-order valence-corrected chi connectivity index (χ0v) is 20.1. The summed E-state index contributed by atoms with van der Waals surface area (Å²) < 4.78 is 7.39. The average Bonchev–Trinajstić information content (AvgIpc) is 3.54. The largest absolute Gasteiger partial charge is 0.506 e. The van der Waals surface area contributed by atoms with E-state index in [4.69, 9.17) is 4.74 Å². The molecule has 1 saturated carbocycles. The van der Waals surface area contributed by atoms with Gasteiger partial charge in [0.25, 0.3) is 5.91 Å². The average molecular weight is 490 g/mol. The van der Waals surface area contributed by atoms with E-state index in [-0.39, 0.29) is 35.4 Å². The van der Waals surface area contributed by atoms with Gasteiger partial charge in [-0.25, -0.2) is 5.43 Å². The number of phenolic OH excluding ortho intramolecular Hbond substituents is 1. The monoisotopic (exact) mass is 489 g/mol. The van der Waals surface area contributed by atoms with Crippen molar-refractivity contribution in [2.75, 3.05) is 18.5 Å². The fraction of sp³-hybridized carbons (Fsp3) is 0.444. The van der Waals surface area contributed by atoms with Crippen molar-refractivity contribution >= 4 is 28.4 Å². The number of benzene rings is 2. The fourth-order valence-corrected chi connectivity index (χ4v) is 6.00. The van der Waals surface area contributed by atoms with Crippen molar-refractivity contribution in [2.24, 2.45) is 17.8 Å². The van der Waals surface area contributed by atoms with Gasteiger partial charge in [0.15, 0.2) is 5.69 Å². The third-order valence-corrected chi connectivity index (χ3v) is 7.89. The number of fused-ring (bicyclic) bond motifs is 2. The minimum Gasteiger partial charge on any atom is -0.506 e. The van der Waals surface area contributed by atoms with Gasteiger partial charge in [-0.3, -0.25) is 19.7 Å². The molecule has 2 aliphatic heterocycles. The molecule has 1 aromatic heterocycles. The molecule has 2 saturated heterocycles. The molecular formula is C27H31N5O4. The molecule has 1 aliphatic carbocycles. The lowest BCUT2D eigenvalue weighted by Crippen LogP contribution is -2.55. The van der Waals surface area contributed by atoms with Crippen molar-refractivity contribution in [3.63, 3.8) is 0 Å². The summed E-state index contributed by atoms with van der Waals surface area (Å²) >= 11 is 0. The van der Waals surface area contributed by atoms with Gasteiger partial charge < -0.3 is 15.2 Å². The Morgan fingerprint density at radius 3 is 2.86 bits per heavy atom. The highest BCUT2D eigenvalue weighted by Crippen LogP contribution is 2.42. The van der Waals surface area contributed by atoms with E-state index in [2.05, 4.69) is 21.3 Å². The molecule has 4 N–H and O–H groups in total. The number of para-hydroxylation sites is 1. The van der Waals surface area contributed by atoms with E-state index in [1.165, 1.54) is 0 Å². The number of phenols is 1. The van der Waals surface area contributed by atoms with Crippen molar-refractivity contribution in [1.29, 1.82) is 0 Å². The minimum absolute atomic E-state index is 0.00860. The summed E-state index contributed by atoms with van der Waals surface area (Å²) in [6.07, 6.45) is 5.01. The molecule has 9 nitrogen and oxygen atoms in total. The van der Waals surface area contributed by atoms with E-state index in [0.717, 1.165) is 55.2 Å². The standard InChI is InChI=1S/C27H31N5O4/c33-23-13-17(24-18-5-1-2-6-19(18)26(34)30-29-24)9-10-21(23)28-27(35)25-20-7-3-4-8-22(20)32(31-25)14-16-11-12-36-15-16/h3-4,7-10,13,16,18-19,24,29,33H,1-2,5-6,11-12,14-15H2,(H,28,35)(H,30,34). The number of hydrazine groups is 1. The van der Waals surface area contributed by atoms with Gasteiger partial charge in [-0.2, -0.15) is 5.10 Å². The van der Waals surface area contributed by atoms with Crippen molar-refractivity contribution in [2.45, 2.75) is 44.7 Å². The van der Waals surface area contributed by atoms with E-state index >= 15 is 0 Å². The van der Waals surface area contributed by atoms with Crippen LogP contribution in [0.15, 0.2) is 42.5 Å². The molecule has 3 aromatic rings. The number of hydrogen-bond donors (Lipinski definition) is 4. The van der Waals surface area contributed by atoms with Gasteiger partial charge in [-0.15, -0.1) is 0 Å². The van der Waals surface area contributed by atoms with Crippen molar-refractivity contribution < 1.29 is 19.4 Å². The molecule has 3 aliphatic rings. The van der Waals surface area contributed by atoms with Crippen LogP contribution in [0.25, 0.3) is 10.9 Å². The van der Waals surface area contributed by atoms with Gasteiger partial charge in [-0.1, -0.05) is 37.1 Å². The Labute approximate surface area is 209 Å². The van der Waals surface area contributed by atoms with Gasteiger partial charge in [0.2, 0.25) is 5.91 Å². The lowest BCUT2D eigenvalue weighted by molar-refractivity contribution is -0.133. The van der Waals surface area contributed by atoms with Crippen LogP contribution in [0.2, 0.25) is 0 Å². The molecule has 0 spiro atoms. The summed E-state index contributed by atoms with van der Waals surface area (Å²) in [5.41, 5.74) is 8.38. The number of aromatic nitrogens is 2. The van der Waals surface area contributed by atoms with Crippen LogP contribution in [0.4, 0.5) is 5.69 Å². The fourth-order valence-electron chi connectivity index (χ4n) is 6.00. The first kappa shape index (κ1) is 23.0. The Hall–Kier alpha value is -3.43. The van der Waals surface area contributed by atoms with Gasteiger partial charge in [0.1, 0.15) is 5.75 Å². The Kier molecular flexibility index (Phi) is 6.10. The maximum Gasteiger partial charge on any atom is 0.276 e. The smallest absolute Gasteiger partial charge is 0.276 e. The van der Waals surface area contributed by atoms with Crippen LogP contribution < -0.4 is 16.2 Å². The second-order valence-corrected chi connectivity index (χ2v) is 10.2. The van der Waals surface area contributed by atoms with Crippen LogP contribution in [-0.2, 0) is 16.1 Å². The summed E-state index contributed by atoms with van der Waals surface area (Å²) in [5.74, 6) is 0.224. The molecule has 4 unspecified atom stereocenters. The SMILES string of the molecule is O=C(Nc1ccc(C2NNC(=O)C3CCCCC32)cc1O)c1nn(CC2CCOC2)c2ccccc12. The van der Waals surface area contributed by atoms with Crippen molar-refractivity contribution in [3.05, 3.63) is 53.7 Å². The maximum absolute atomic E-state index is 13.3. The van der Waals surface area contributed by atoms with E-state index in [0.29, 0.717) is 30.5 Å². The van der Waals surface area contributed by atoms with Gasteiger partial charge >= 0.3 is 0 Å². The van der Waals surface area contributed by atoms with Crippen LogP contribution in [0.1, 0.15) is 54.2 Å². The Morgan fingerprint density at radius 1 is 1.17 bits per heavy atom. The van der Waals surface area contributed by atoms with Crippen molar-refractivity contribution in [1.82, 2.24) is 20.6 Å². The molecule has 36 heavy (non-hydrogen) atoms. The molecule has 0 radical (unpaired) electrons. The number of amides is 2. The van der Waals surface area contributed by atoms with Gasteiger partial charge in [0.05, 0.1) is 23.9 Å². The highest BCUT2D eigenvalue weighted by Gasteiger charge is 2.40. The molecule has 2 aromatic carbocycles. The number of nitrogens with zero attached hydrogens (tertiary/aromatic N) is 2.